The third kappa shape index (κ3) is 3.72. The summed E-state index contributed by atoms with van der Waals surface area (Å²) in [6, 6.07) is 7.27. The molecular weight excluding hydrogens is 378 g/mol. The second-order valence-electron chi connectivity index (χ2n) is 9.24. The summed E-state index contributed by atoms with van der Waals surface area (Å²) < 4.78 is 5.96. The van der Waals surface area contributed by atoms with Gasteiger partial charge in [-0.2, -0.15) is 0 Å². The van der Waals surface area contributed by atoms with Gasteiger partial charge in [-0.25, -0.2) is 0 Å². The Kier molecular flexibility index (Phi) is 5.04. The molecule has 6 nitrogen and oxygen atoms in total. The lowest BCUT2D eigenvalue weighted by molar-refractivity contribution is -0.139. The number of carbonyl (C=O) groups is 1. The summed E-state index contributed by atoms with van der Waals surface area (Å²) in [6.07, 6.45) is 7.44. The number of amides is 1. The van der Waals surface area contributed by atoms with E-state index in [-0.39, 0.29) is 17.4 Å². The van der Waals surface area contributed by atoms with Crippen LogP contribution in [-0.4, -0.2) is 23.8 Å². The van der Waals surface area contributed by atoms with Crippen LogP contribution in [0.25, 0.3) is 0 Å². The van der Waals surface area contributed by atoms with E-state index in [9.17, 15) is 4.79 Å². The first-order valence-electron chi connectivity index (χ1n) is 9.96. The molecule has 0 saturated heterocycles. The predicted molar refractivity (Wildman–Crippen MR) is 108 cm³/mol. The summed E-state index contributed by atoms with van der Waals surface area (Å²) in [5, 5.41) is 7.83. The molecule has 2 atom stereocenters. The standard InChI is InChI=1S/C21H28ClN3O3/c1-20(2,27-17-5-3-16(22)4-6-17)19(26)25-18-14-7-13-8-15(18)11-21(9-13,10-14)12-24-28-23/h3-6,12-15,18H,7-11,23H2,1-2H3,(H,25,26)/b24-12-. The Morgan fingerprint density at radius 3 is 2.50 bits per heavy atom. The van der Waals surface area contributed by atoms with Gasteiger partial charge in [-0.3, -0.25) is 4.79 Å². The highest BCUT2D eigenvalue weighted by atomic mass is 35.5. The molecule has 3 N–H and O–H groups in total. The van der Waals surface area contributed by atoms with Crippen molar-refractivity contribution in [2.45, 2.75) is 57.6 Å². The minimum atomic E-state index is -0.963. The maximum absolute atomic E-state index is 13.1. The van der Waals surface area contributed by atoms with E-state index < -0.39 is 5.60 Å². The van der Waals surface area contributed by atoms with Crippen LogP contribution in [0.3, 0.4) is 0 Å². The lowest BCUT2D eigenvalue weighted by Gasteiger charge is -2.59. The number of rotatable bonds is 6. The number of ether oxygens (including phenoxy) is 1. The molecule has 1 aromatic rings. The van der Waals surface area contributed by atoms with E-state index >= 15 is 0 Å². The lowest BCUT2D eigenvalue weighted by atomic mass is 9.48. The van der Waals surface area contributed by atoms with Gasteiger partial charge in [0.25, 0.3) is 5.91 Å². The molecule has 4 aliphatic carbocycles. The first-order valence-corrected chi connectivity index (χ1v) is 10.3. The van der Waals surface area contributed by atoms with Crippen molar-refractivity contribution in [3.63, 3.8) is 0 Å². The topological polar surface area (TPSA) is 85.9 Å². The number of carbonyl (C=O) groups excluding carboxylic acids is 1. The van der Waals surface area contributed by atoms with E-state index in [1.165, 1.54) is 12.8 Å². The van der Waals surface area contributed by atoms with E-state index in [0.29, 0.717) is 28.5 Å². The van der Waals surface area contributed by atoms with Crippen molar-refractivity contribution in [1.29, 1.82) is 0 Å². The molecule has 0 heterocycles. The van der Waals surface area contributed by atoms with Gasteiger partial charge < -0.3 is 15.0 Å². The average Bonchev–Trinajstić information content (AvgIpc) is 2.64. The number of nitrogens with two attached hydrogens (primary N) is 1. The van der Waals surface area contributed by atoms with Gasteiger partial charge in [0.05, 0.1) is 6.21 Å². The van der Waals surface area contributed by atoms with E-state index in [0.717, 1.165) is 19.3 Å². The van der Waals surface area contributed by atoms with Gasteiger partial charge >= 0.3 is 0 Å². The van der Waals surface area contributed by atoms with Crippen LogP contribution in [0.5, 0.6) is 5.75 Å². The molecule has 0 radical (unpaired) electrons. The molecule has 2 unspecified atom stereocenters. The summed E-state index contributed by atoms with van der Waals surface area (Å²) in [6.45, 7) is 3.61. The normalized spacial score (nSPS) is 33.9. The smallest absolute Gasteiger partial charge is 0.263 e. The summed E-state index contributed by atoms with van der Waals surface area (Å²) in [5.74, 6) is 7.28. The van der Waals surface area contributed by atoms with E-state index in [4.69, 9.17) is 22.2 Å². The van der Waals surface area contributed by atoms with Crippen LogP contribution < -0.4 is 16.0 Å². The van der Waals surface area contributed by atoms with E-state index in [1.807, 2.05) is 6.21 Å². The Morgan fingerprint density at radius 1 is 1.25 bits per heavy atom. The molecule has 1 amide bonds. The first kappa shape index (κ1) is 19.5. The summed E-state index contributed by atoms with van der Waals surface area (Å²) in [7, 11) is 0. The molecule has 0 aromatic heterocycles. The Balaban J connectivity index is 1.43. The monoisotopic (exact) mass is 405 g/mol. The highest BCUT2D eigenvalue weighted by Crippen LogP contribution is 2.59. The molecule has 4 bridgehead atoms. The van der Waals surface area contributed by atoms with Crippen molar-refractivity contribution in [3.05, 3.63) is 29.3 Å². The third-order valence-electron chi connectivity index (χ3n) is 6.74. The maximum Gasteiger partial charge on any atom is 0.263 e. The second-order valence-corrected chi connectivity index (χ2v) is 9.67. The fourth-order valence-corrected chi connectivity index (χ4v) is 5.92. The third-order valence-corrected chi connectivity index (χ3v) is 6.99. The van der Waals surface area contributed by atoms with Crippen LogP contribution in [0, 0.1) is 23.2 Å². The van der Waals surface area contributed by atoms with Gasteiger partial charge in [0, 0.05) is 16.5 Å². The Morgan fingerprint density at radius 2 is 1.89 bits per heavy atom. The molecule has 5 rings (SSSR count). The molecule has 4 fully saturated rings. The van der Waals surface area contributed by atoms with Crippen molar-refractivity contribution in [1.82, 2.24) is 5.32 Å². The molecule has 4 saturated carbocycles. The molecule has 7 heteroatoms. The molecule has 28 heavy (non-hydrogen) atoms. The molecule has 4 aliphatic rings. The van der Waals surface area contributed by atoms with Crippen LogP contribution in [0.4, 0.5) is 0 Å². The number of hydrogen-bond donors (Lipinski definition) is 2. The number of benzene rings is 1. The van der Waals surface area contributed by atoms with Crippen molar-refractivity contribution < 1.29 is 14.5 Å². The van der Waals surface area contributed by atoms with Gasteiger partial charge in [-0.05, 0) is 88.0 Å². The zero-order valence-electron chi connectivity index (χ0n) is 16.4. The number of nitrogens with zero attached hydrogens (tertiary/aromatic N) is 1. The first-order chi connectivity index (χ1) is 13.3. The quantitative estimate of drug-likeness (QED) is 0.558. The van der Waals surface area contributed by atoms with Gasteiger partial charge in [0.1, 0.15) is 5.75 Å². The van der Waals surface area contributed by atoms with Gasteiger partial charge in [-0.1, -0.05) is 16.8 Å². The van der Waals surface area contributed by atoms with Crippen LogP contribution in [0.1, 0.15) is 46.0 Å². The van der Waals surface area contributed by atoms with Gasteiger partial charge in [0.15, 0.2) is 5.60 Å². The number of oxime groups is 1. The van der Waals surface area contributed by atoms with Crippen molar-refractivity contribution in [2.75, 3.05) is 0 Å². The Hall–Kier alpha value is -1.79. The highest BCUT2D eigenvalue weighted by Gasteiger charge is 2.55. The fraction of sp³-hybridized carbons (Fsp3) is 0.619. The molecule has 0 spiro atoms. The largest absolute Gasteiger partial charge is 0.478 e. The van der Waals surface area contributed by atoms with Crippen LogP contribution >= 0.6 is 11.6 Å². The number of halogens is 1. The predicted octanol–water partition coefficient (Wildman–Crippen LogP) is 3.68. The fourth-order valence-electron chi connectivity index (χ4n) is 5.79. The molecule has 152 valence electrons. The molecule has 0 aliphatic heterocycles. The summed E-state index contributed by atoms with van der Waals surface area (Å²) in [5.41, 5.74) is -0.887. The molecular formula is C21H28ClN3O3. The van der Waals surface area contributed by atoms with Gasteiger partial charge in [0.2, 0.25) is 0 Å². The zero-order chi connectivity index (χ0) is 19.9. The highest BCUT2D eigenvalue weighted by molar-refractivity contribution is 6.30. The van der Waals surface area contributed by atoms with Crippen LogP contribution in [-0.2, 0) is 9.73 Å². The second kappa shape index (κ2) is 7.23. The van der Waals surface area contributed by atoms with Crippen molar-refractivity contribution in [3.8, 4) is 5.75 Å². The van der Waals surface area contributed by atoms with Crippen molar-refractivity contribution >= 4 is 23.7 Å². The van der Waals surface area contributed by atoms with Crippen molar-refractivity contribution in [2.24, 2.45) is 34.2 Å². The minimum absolute atomic E-state index is 0.0758. The van der Waals surface area contributed by atoms with Gasteiger partial charge in [-0.15, -0.1) is 5.90 Å². The Labute approximate surface area is 170 Å². The lowest BCUT2D eigenvalue weighted by Crippen LogP contribution is -2.62. The van der Waals surface area contributed by atoms with Crippen LogP contribution in [0.2, 0.25) is 5.02 Å². The zero-order valence-corrected chi connectivity index (χ0v) is 17.1. The van der Waals surface area contributed by atoms with Crippen LogP contribution in [0.15, 0.2) is 29.4 Å². The van der Waals surface area contributed by atoms with E-state index in [1.54, 1.807) is 38.1 Å². The summed E-state index contributed by atoms with van der Waals surface area (Å²) >= 11 is 5.93. The maximum atomic E-state index is 13.1. The molecule has 1 aromatic carbocycles. The number of nitrogens with one attached hydrogen (secondary N) is 1. The minimum Gasteiger partial charge on any atom is -0.478 e. The van der Waals surface area contributed by atoms with E-state index in [2.05, 4.69) is 15.4 Å². The summed E-state index contributed by atoms with van der Waals surface area (Å²) in [4.78, 5) is 17.5. The average molecular weight is 406 g/mol. The Bertz CT molecular complexity index is 749. The number of hydrogen-bond acceptors (Lipinski definition) is 5. The SMILES string of the molecule is CC(C)(Oc1ccc(Cl)cc1)C(=O)NC1C2CC3CC1CC(/C=N\ON)(C3)C2.